The fraction of sp³-hybridized carbons (Fsp3) is 0.667. The van der Waals surface area contributed by atoms with Gasteiger partial charge in [-0.05, 0) is 88.9 Å². The topological polar surface area (TPSA) is 131 Å². The molecule has 3 fully saturated rings. The van der Waals surface area contributed by atoms with Gasteiger partial charge in [0.2, 0.25) is 0 Å². The summed E-state index contributed by atoms with van der Waals surface area (Å²) >= 11 is 1.85. The van der Waals surface area contributed by atoms with Gasteiger partial charge in [0.25, 0.3) is 0 Å². The maximum Gasteiger partial charge on any atom is 0.407 e. The van der Waals surface area contributed by atoms with Gasteiger partial charge < -0.3 is 34.7 Å². The average molecular weight is 649 g/mol. The van der Waals surface area contributed by atoms with Crippen LogP contribution in [-0.2, 0) is 9.47 Å². The Balaban J connectivity index is 0.000000340. The van der Waals surface area contributed by atoms with Gasteiger partial charge in [0, 0.05) is 25.3 Å². The Labute approximate surface area is 275 Å². The molecular weight excluding hydrogens is 592 g/mol. The fourth-order valence-corrected chi connectivity index (χ4v) is 5.81. The molecule has 12 heteroatoms. The minimum Gasteiger partial charge on any atom is -0.465 e. The summed E-state index contributed by atoms with van der Waals surface area (Å²) < 4.78 is 10.5. The first-order valence-corrected chi connectivity index (χ1v) is 17.5. The van der Waals surface area contributed by atoms with Crippen molar-refractivity contribution >= 4 is 43.1 Å². The molecule has 2 atom stereocenters. The molecule has 254 valence electrons. The Morgan fingerprint density at radius 2 is 1.78 bits per heavy atom. The van der Waals surface area contributed by atoms with Crippen LogP contribution < -0.4 is 0 Å². The maximum absolute atomic E-state index is 10.8. The van der Waals surface area contributed by atoms with Crippen molar-refractivity contribution in [1.29, 1.82) is 5.41 Å². The molecule has 0 saturated carbocycles. The van der Waals surface area contributed by atoms with Gasteiger partial charge in [0.05, 0.1) is 31.7 Å². The van der Waals surface area contributed by atoms with Crippen LogP contribution in [0.5, 0.6) is 0 Å². The second kappa shape index (κ2) is 25.3. The number of esters is 1. The summed E-state index contributed by atoms with van der Waals surface area (Å²) in [6.07, 6.45) is 14.0. The van der Waals surface area contributed by atoms with E-state index in [4.69, 9.17) is 15.3 Å². The number of likely N-dealkylation sites (tertiary alicyclic amines) is 2. The van der Waals surface area contributed by atoms with E-state index in [1.165, 1.54) is 45.7 Å². The number of hydrogen-bond donors (Lipinski definition) is 2. The van der Waals surface area contributed by atoms with Crippen molar-refractivity contribution in [3.8, 4) is 0 Å². The Bertz CT molecular complexity index is 972. The highest BCUT2D eigenvalue weighted by Gasteiger charge is 2.29. The first kappa shape index (κ1) is 40.1. The molecule has 45 heavy (non-hydrogen) atoms. The molecule has 2 N–H and O–H groups in total. The van der Waals surface area contributed by atoms with Gasteiger partial charge in [-0.15, -0.1) is 0 Å². The SMILES string of the molecule is C=NCN(C=NCC=N)C1CCC(CCSC)O1.CC.COC(=O)c1ccccc1.O=C(O)N1CCC(N2CCCCC2)CC1. The van der Waals surface area contributed by atoms with E-state index in [-0.39, 0.29) is 12.2 Å². The van der Waals surface area contributed by atoms with Gasteiger partial charge in [-0.25, -0.2) is 9.59 Å². The van der Waals surface area contributed by atoms with Crippen LogP contribution in [-0.4, -0.2) is 128 Å². The standard InChI is InChI=1S/C12H22N4OS.C11H20N2O2.C8H8O2.C2H6/c1-14-9-16(10-15-7-6-13)12-4-3-11(17-12)5-8-18-2;14-11(15)13-8-4-10(5-9-13)12-6-2-1-3-7-12;1-10-8(9)7-5-3-2-4-6-7;1-2/h6,10-13H,1,3-5,7-9H2,2H3;10H,1-9H2,(H,14,15);2-6H,1H3;1-2H3. The van der Waals surface area contributed by atoms with E-state index < -0.39 is 6.09 Å². The summed E-state index contributed by atoms with van der Waals surface area (Å²) in [7, 11) is 1.37. The minimum atomic E-state index is -0.757. The summed E-state index contributed by atoms with van der Waals surface area (Å²) in [5.41, 5.74) is 0.588. The van der Waals surface area contributed by atoms with Gasteiger partial charge in [-0.2, -0.15) is 11.8 Å². The second-order valence-corrected chi connectivity index (χ2v) is 11.6. The smallest absolute Gasteiger partial charge is 0.407 e. The van der Waals surface area contributed by atoms with Gasteiger partial charge in [0.1, 0.15) is 12.9 Å². The van der Waals surface area contributed by atoms with Crippen LogP contribution >= 0.6 is 11.8 Å². The van der Waals surface area contributed by atoms with Crippen LogP contribution in [0.4, 0.5) is 4.79 Å². The molecule has 1 aromatic rings. The fourth-order valence-electron chi connectivity index (χ4n) is 5.31. The molecule has 3 aliphatic heterocycles. The number of methoxy groups -OCH3 is 1. The van der Waals surface area contributed by atoms with Crippen molar-refractivity contribution < 1.29 is 24.2 Å². The molecule has 2 unspecified atom stereocenters. The van der Waals surface area contributed by atoms with E-state index in [1.54, 1.807) is 35.5 Å². The number of aliphatic imine (C=N–C) groups is 2. The minimum absolute atomic E-state index is 0.0526. The predicted molar refractivity (Wildman–Crippen MR) is 186 cm³/mol. The quantitative estimate of drug-likeness (QED) is 0.170. The van der Waals surface area contributed by atoms with Crippen molar-refractivity contribution in [1.82, 2.24) is 14.7 Å². The van der Waals surface area contributed by atoms with E-state index in [0.29, 0.717) is 30.9 Å². The Kier molecular flexibility index (Phi) is 22.5. The highest BCUT2D eigenvalue weighted by atomic mass is 32.2. The summed E-state index contributed by atoms with van der Waals surface area (Å²) in [6, 6.07) is 9.52. The first-order chi connectivity index (χ1) is 21.9. The van der Waals surface area contributed by atoms with Gasteiger partial charge in [0.15, 0.2) is 0 Å². The van der Waals surface area contributed by atoms with Crippen molar-refractivity contribution in [2.24, 2.45) is 9.98 Å². The molecule has 0 aliphatic carbocycles. The number of carbonyl (C=O) groups excluding carboxylic acids is 1. The van der Waals surface area contributed by atoms with E-state index in [0.717, 1.165) is 50.9 Å². The molecule has 0 aromatic heterocycles. The van der Waals surface area contributed by atoms with E-state index in [9.17, 15) is 9.59 Å². The zero-order valence-corrected chi connectivity index (χ0v) is 28.6. The molecule has 3 heterocycles. The number of piperidine rings is 2. The second-order valence-electron chi connectivity index (χ2n) is 10.6. The maximum atomic E-state index is 10.8. The summed E-state index contributed by atoms with van der Waals surface area (Å²) in [6.45, 7) is 12.3. The molecule has 3 saturated heterocycles. The van der Waals surface area contributed by atoms with Crippen LogP contribution in [0.3, 0.4) is 0 Å². The van der Waals surface area contributed by atoms with Crippen LogP contribution in [0.25, 0.3) is 0 Å². The summed E-state index contributed by atoms with van der Waals surface area (Å²) in [5, 5.41) is 15.8. The zero-order valence-electron chi connectivity index (χ0n) is 27.8. The highest BCUT2D eigenvalue weighted by Crippen LogP contribution is 2.25. The molecule has 0 spiro atoms. The van der Waals surface area contributed by atoms with Gasteiger partial charge in [-0.1, -0.05) is 38.5 Å². The lowest BCUT2D eigenvalue weighted by atomic mass is 10.0. The van der Waals surface area contributed by atoms with E-state index >= 15 is 0 Å². The third kappa shape index (κ3) is 16.3. The third-order valence-corrected chi connectivity index (χ3v) is 8.27. The molecule has 0 bridgehead atoms. The normalized spacial score (nSPS) is 20.0. The van der Waals surface area contributed by atoms with E-state index in [1.807, 2.05) is 36.6 Å². The van der Waals surface area contributed by atoms with Crippen LogP contribution in [0.15, 0.2) is 40.3 Å². The highest BCUT2D eigenvalue weighted by molar-refractivity contribution is 7.98. The lowest BCUT2D eigenvalue weighted by Gasteiger charge is -2.39. The summed E-state index contributed by atoms with van der Waals surface area (Å²) in [5.74, 6) is 0.847. The van der Waals surface area contributed by atoms with Crippen LogP contribution in [0, 0.1) is 5.41 Å². The average Bonchev–Trinajstić information content (AvgIpc) is 3.58. The number of benzene rings is 1. The number of carboxylic acid groups (broad SMARTS) is 1. The lowest BCUT2D eigenvalue weighted by molar-refractivity contribution is -0.0207. The molecule has 0 radical (unpaired) electrons. The molecule has 4 rings (SSSR count). The molecule has 11 nitrogen and oxygen atoms in total. The number of rotatable bonds is 11. The van der Waals surface area contributed by atoms with Crippen molar-refractivity contribution in [2.45, 2.75) is 83.6 Å². The largest absolute Gasteiger partial charge is 0.465 e. The molecule has 1 amide bonds. The monoisotopic (exact) mass is 648 g/mol. The Hall–Kier alpha value is -2.96. The number of hydrogen-bond acceptors (Lipinski definition) is 9. The van der Waals surface area contributed by atoms with E-state index in [2.05, 4.69) is 32.6 Å². The third-order valence-electron chi connectivity index (χ3n) is 7.63. The van der Waals surface area contributed by atoms with Gasteiger partial charge in [-0.3, -0.25) is 9.98 Å². The van der Waals surface area contributed by atoms with Crippen LogP contribution in [0.2, 0.25) is 0 Å². The number of carbonyl (C=O) groups is 2. The van der Waals surface area contributed by atoms with Gasteiger partial charge >= 0.3 is 12.1 Å². The predicted octanol–water partition coefficient (Wildman–Crippen LogP) is 6.00. The molecular formula is C33H56N6O5S. The first-order valence-electron chi connectivity index (χ1n) is 16.1. The number of amides is 1. The van der Waals surface area contributed by atoms with Crippen LogP contribution in [0.1, 0.15) is 75.6 Å². The van der Waals surface area contributed by atoms with Crippen molar-refractivity contribution in [3.63, 3.8) is 0 Å². The Morgan fingerprint density at radius 3 is 2.33 bits per heavy atom. The number of nitrogens with one attached hydrogen (secondary N) is 1. The number of nitrogens with zero attached hydrogens (tertiary/aromatic N) is 5. The number of ether oxygens (including phenoxy) is 2. The molecule has 1 aromatic carbocycles. The number of thioether (sulfide) groups is 1. The Morgan fingerprint density at radius 1 is 1.11 bits per heavy atom. The van der Waals surface area contributed by atoms with Crippen molar-refractivity contribution in [2.75, 3.05) is 58.5 Å². The van der Waals surface area contributed by atoms with Crippen molar-refractivity contribution in [3.05, 3.63) is 35.9 Å². The summed E-state index contributed by atoms with van der Waals surface area (Å²) in [4.78, 5) is 35.6. The lowest BCUT2D eigenvalue weighted by Crippen LogP contribution is -2.47. The zero-order chi connectivity index (χ0) is 33.3. The molecule has 3 aliphatic rings.